The maximum atomic E-state index is 6.05. The zero-order chi connectivity index (χ0) is 13.8. The van der Waals surface area contributed by atoms with Gasteiger partial charge in [-0.25, -0.2) is 9.97 Å². The molecule has 0 aliphatic carbocycles. The topological polar surface area (TPSA) is 37.8 Å². The maximum Gasteiger partial charge on any atom is 0.223 e. The summed E-state index contributed by atoms with van der Waals surface area (Å²) in [5, 5.41) is 4.31. The Morgan fingerprint density at radius 3 is 2.55 bits per heavy atom. The van der Waals surface area contributed by atoms with Gasteiger partial charge >= 0.3 is 0 Å². The first-order valence-corrected chi connectivity index (χ1v) is 6.99. The molecule has 3 aromatic rings. The highest BCUT2D eigenvalue weighted by Crippen LogP contribution is 2.20. The second-order valence-electron chi connectivity index (χ2n) is 4.51. The third-order valence-electron chi connectivity index (χ3n) is 3.15. The molecule has 1 atom stereocenters. The number of nitrogens with one attached hydrogen (secondary N) is 1. The Balaban J connectivity index is 1.87. The molecule has 3 rings (SSSR count). The van der Waals surface area contributed by atoms with Crippen molar-refractivity contribution in [2.45, 2.75) is 6.04 Å². The van der Waals surface area contributed by atoms with Gasteiger partial charge in [0.05, 0.1) is 11.6 Å². The van der Waals surface area contributed by atoms with Gasteiger partial charge in [-0.3, -0.25) is 0 Å². The molecule has 0 fully saturated rings. The van der Waals surface area contributed by atoms with Gasteiger partial charge in [0.2, 0.25) is 5.95 Å². The van der Waals surface area contributed by atoms with Crippen LogP contribution >= 0.6 is 11.6 Å². The number of para-hydroxylation sites is 1. The molecular weight excluding hydrogens is 270 g/mol. The SMILES string of the molecule is ClCC(Nc1ncc2ccccc2n1)c1ccccc1. The first-order chi connectivity index (χ1) is 9.86. The average molecular weight is 284 g/mol. The minimum absolute atomic E-state index is 0.000899. The van der Waals surface area contributed by atoms with Crippen LogP contribution in [-0.2, 0) is 0 Å². The highest BCUT2D eigenvalue weighted by molar-refractivity contribution is 6.18. The zero-order valence-corrected chi connectivity index (χ0v) is 11.6. The van der Waals surface area contributed by atoms with Crippen molar-refractivity contribution < 1.29 is 0 Å². The summed E-state index contributed by atoms with van der Waals surface area (Å²) in [7, 11) is 0. The number of fused-ring (bicyclic) bond motifs is 1. The molecular formula is C16H14ClN3. The number of hydrogen-bond acceptors (Lipinski definition) is 3. The van der Waals surface area contributed by atoms with E-state index in [9.17, 15) is 0 Å². The van der Waals surface area contributed by atoms with E-state index in [4.69, 9.17) is 11.6 Å². The van der Waals surface area contributed by atoms with Crippen LogP contribution in [0, 0.1) is 0 Å². The molecule has 0 bridgehead atoms. The molecule has 2 aromatic carbocycles. The number of benzene rings is 2. The van der Waals surface area contributed by atoms with Gasteiger partial charge in [0.1, 0.15) is 0 Å². The normalized spacial score (nSPS) is 12.2. The van der Waals surface area contributed by atoms with Crippen LogP contribution < -0.4 is 5.32 Å². The number of halogens is 1. The molecule has 1 N–H and O–H groups in total. The number of alkyl halides is 1. The fourth-order valence-electron chi connectivity index (χ4n) is 2.09. The second-order valence-corrected chi connectivity index (χ2v) is 4.82. The molecule has 1 aromatic heterocycles. The second kappa shape index (κ2) is 5.88. The molecule has 1 unspecified atom stereocenters. The third-order valence-corrected chi connectivity index (χ3v) is 3.46. The molecule has 0 radical (unpaired) electrons. The first-order valence-electron chi connectivity index (χ1n) is 6.46. The van der Waals surface area contributed by atoms with Gasteiger partial charge in [-0.05, 0) is 11.6 Å². The lowest BCUT2D eigenvalue weighted by Gasteiger charge is -2.16. The monoisotopic (exact) mass is 283 g/mol. The summed E-state index contributed by atoms with van der Waals surface area (Å²) in [4.78, 5) is 8.85. The molecule has 0 spiro atoms. The third kappa shape index (κ3) is 2.73. The van der Waals surface area contributed by atoms with Gasteiger partial charge in [0, 0.05) is 17.5 Å². The van der Waals surface area contributed by atoms with Crippen LogP contribution in [0.3, 0.4) is 0 Å². The Bertz CT molecular complexity index is 700. The van der Waals surface area contributed by atoms with Gasteiger partial charge in [0.25, 0.3) is 0 Å². The van der Waals surface area contributed by atoms with Crippen LogP contribution in [0.2, 0.25) is 0 Å². The Labute approximate surface area is 122 Å². The Morgan fingerprint density at radius 2 is 1.75 bits per heavy atom. The zero-order valence-electron chi connectivity index (χ0n) is 10.8. The molecule has 0 saturated carbocycles. The lowest BCUT2D eigenvalue weighted by atomic mass is 10.1. The predicted octanol–water partition coefficient (Wildman–Crippen LogP) is 4.02. The van der Waals surface area contributed by atoms with Crippen LogP contribution in [-0.4, -0.2) is 15.8 Å². The van der Waals surface area contributed by atoms with E-state index in [1.807, 2.05) is 60.8 Å². The van der Waals surface area contributed by atoms with Crippen molar-refractivity contribution in [1.29, 1.82) is 0 Å². The molecule has 0 saturated heterocycles. The fourth-order valence-corrected chi connectivity index (χ4v) is 2.35. The molecule has 20 heavy (non-hydrogen) atoms. The Hall–Kier alpha value is -2.13. The maximum absolute atomic E-state index is 6.05. The number of nitrogens with zero attached hydrogens (tertiary/aromatic N) is 2. The van der Waals surface area contributed by atoms with Crippen LogP contribution in [0.4, 0.5) is 5.95 Å². The summed E-state index contributed by atoms with van der Waals surface area (Å²) in [6.45, 7) is 0. The number of hydrogen-bond donors (Lipinski definition) is 1. The van der Waals surface area contributed by atoms with Crippen molar-refractivity contribution in [2.24, 2.45) is 0 Å². The van der Waals surface area contributed by atoms with Crippen LogP contribution in [0.25, 0.3) is 10.9 Å². The minimum Gasteiger partial charge on any atom is -0.346 e. The van der Waals surface area contributed by atoms with Crippen molar-refractivity contribution >= 4 is 28.5 Å². The highest BCUT2D eigenvalue weighted by atomic mass is 35.5. The highest BCUT2D eigenvalue weighted by Gasteiger charge is 2.11. The van der Waals surface area contributed by atoms with Gasteiger partial charge in [-0.15, -0.1) is 11.6 Å². The van der Waals surface area contributed by atoms with Crippen LogP contribution in [0.5, 0.6) is 0 Å². The van der Waals surface area contributed by atoms with Crippen LogP contribution in [0.1, 0.15) is 11.6 Å². The number of aromatic nitrogens is 2. The lowest BCUT2D eigenvalue weighted by molar-refractivity contribution is 0.871. The standard InChI is InChI=1S/C16H14ClN3/c17-10-15(12-6-2-1-3-7-12)20-16-18-11-13-8-4-5-9-14(13)19-16/h1-9,11,15H,10H2,(H,18,19,20). The van der Waals surface area contributed by atoms with E-state index in [0.717, 1.165) is 16.5 Å². The molecule has 100 valence electrons. The van der Waals surface area contributed by atoms with E-state index < -0.39 is 0 Å². The van der Waals surface area contributed by atoms with E-state index in [2.05, 4.69) is 15.3 Å². The predicted molar refractivity (Wildman–Crippen MR) is 83.1 cm³/mol. The van der Waals surface area contributed by atoms with E-state index in [1.54, 1.807) is 0 Å². The van der Waals surface area contributed by atoms with E-state index in [-0.39, 0.29) is 6.04 Å². The average Bonchev–Trinajstić information content (AvgIpc) is 2.53. The van der Waals surface area contributed by atoms with Crippen molar-refractivity contribution in [3.05, 3.63) is 66.4 Å². The Morgan fingerprint density at radius 1 is 1.00 bits per heavy atom. The first kappa shape index (κ1) is 12.9. The van der Waals surface area contributed by atoms with Crippen molar-refractivity contribution in [2.75, 3.05) is 11.2 Å². The van der Waals surface area contributed by atoms with E-state index >= 15 is 0 Å². The molecule has 4 heteroatoms. The summed E-state index contributed by atoms with van der Waals surface area (Å²) in [5.74, 6) is 1.05. The van der Waals surface area contributed by atoms with Crippen molar-refractivity contribution in [3.8, 4) is 0 Å². The van der Waals surface area contributed by atoms with Gasteiger partial charge in [-0.1, -0.05) is 48.5 Å². The summed E-state index contributed by atoms with van der Waals surface area (Å²) in [5.41, 5.74) is 2.05. The largest absolute Gasteiger partial charge is 0.346 e. The lowest BCUT2D eigenvalue weighted by Crippen LogP contribution is -2.14. The fraction of sp³-hybridized carbons (Fsp3) is 0.125. The van der Waals surface area contributed by atoms with Gasteiger partial charge in [-0.2, -0.15) is 0 Å². The van der Waals surface area contributed by atoms with Crippen LogP contribution in [0.15, 0.2) is 60.8 Å². The van der Waals surface area contributed by atoms with Gasteiger partial charge in [0.15, 0.2) is 0 Å². The van der Waals surface area contributed by atoms with Gasteiger partial charge < -0.3 is 5.32 Å². The summed E-state index contributed by atoms with van der Waals surface area (Å²) in [6, 6.07) is 18.0. The van der Waals surface area contributed by atoms with Crippen molar-refractivity contribution in [3.63, 3.8) is 0 Å². The number of anilines is 1. The summed E-state index contributed by atoms with van der Waals surface area (Å²) >= 11 is 6.05. The summed E-state index contributed by atoms with van der Waals surface area (Å²) < 4.78 is 0. The quantitative estimate of drug-likeness (QED) is 0.735. The Kier molecular flexibility index (Phi) is 3.79. The molecule has 1 heterocycles. The molecule has 0 aliphatic rings. The molecule has 3 nitrogen and oxygen atoms in total. The summed E-state index contributed by atoms with van der Waals surface area (Å²) in [6.07, 6.45) is 1.82. The smallest absolute Gasteiger partial charge is 0.223 e. The van der Waals surface area contributed by atoms with E-state index in [1.165, 1.54) is 0 Å². The molecule has 0 aliphatic heterocycles. The minimum atomic E-state index is -0.000899. The molecule has 0 amide bonds. The number of rotatable bonds is 4. The van der Waals surface area contributed by atoms with Crippen molar-refractivity contribution in [1.82, 2.24) is 9.97 Å². The van der Waals surface area contributed by atoms with E-state index in [0.29, 0.717) is 11.8 Å².